The predicted molar refractivity (Wildman–Crippen MR) is 68.6 cm³/mol. The predicted octanol–water partition coefficient (Wildman–Crippen LogP) is 4.08. The molecule has 98 valence electrons. The molecule has 0 N–H and O–H groups in total. The first kappa shape index (κ1) is 13.2. The van der Waals surface area contributed by atoms with Crippen LogP contribution in [0.2, 0.25) is 0 Å². The fraction of sp³-hybridized carbons (Fsp3) is 0.133. The summed E-state index contributed by atoms with van der Waals surface area (Å²) < 4.78 is 29.3. The molecule has 0 saturated carbocycles. The Balaban J connectivity index is 2.54. The van der Waals surface area contributed by atoms with Crippen LogP contribution in [0, 0.1) is 6.92 Å². The lowest BCUT2D eigenvalue weighted by atomic mass is 10.0. The summed E-state index contributed by atoms with van der Waals surface area (Å²) in [6, 6.07) is 11.7. The molecule has 0 aromatic heterocycles. The number of hydrogen-bond donors (Lipinski definition) is 0. The zero-order chi connectivity index (χ0) is 13.8. The summed E-state index contributed by atoms with van der Waals surface area (Å²) >= 11 is 0. The van der Waals surface area contributed by atoms with Crippen LogP contribution in [0.4, 0.5) is 8.78 Å². The molecule has 2 nitrogen and oxygen atoms in total. The molecule has 0 amide bonds. The Morgan fingerprint density at radius 1 is 1.16 bits per heavy atom. The quantitative estimate of drug-likeness (QED) is 0.776. The van der Waals surface area contributed by atoms with E-state index in [-0.39, 0.29) is 5.75 Å². The maximum atomic E-state index is 12.4. The lowest BCUT2D eigenvalue weighted by Gasteiger charge is -2.12. The van der Waals surface area contributed by atoms with Crippen LogP contribution in [0.3, 0.4) is 0 Å². The molecule has 0 aliphatic rings. The second kappa shape index (κ2) is 5.61. The summed E-state index contributed by atoms with van der Waals surface area (Å²) in [6.07, 6.45) is 0.672. The van der Waals surface area contributed by atoms with E-state index in [9.17, 15) is 13.6 Å². The van der Waals surface area contributed by atoms with E-state index in [2.05, 4.69) is 4.74 Å². The molecule has 4 heteroatoms. The molecule has 2 rings (SSSR count). The Morgan fingerprint density at radius 3 is 2.58 bits per heavy atom. The Morgan fingerprint density at radius 2 is 1.95 bits per heavy atom. The molecule has 0 aliphatic carbocycles. The number of rotatable bonds is 4. The highest BCUT2D eigenvalue weighted by atomic mass is 19.3. The van der Waals surface area contributed by atoms with Crippen molar-refractivity contribution in [3.8, 4) is 16.9 Å². The van der Waals surface area contributed by atoms with Gasteiger partial charge in [-0.05, 0) is 30.7 Å². The molecule has 2 aromatic carbocycles. The van der Waals surface area contributed by atoms with Gasteiger partial charge in [0.05, 0.1) is 0 Å². The number of carbonyl (C=O) groups is 1. The van der Waals surface area contributed by atoms with Gasteiger partial charge in [-0.15, -0.1) is 0 Å². The molecule has 0 radical (unpaired) electrons. The molecular formula is C15H12F2O2. The van der Waals surface area contributed by atoms with Crippen LogP contribution in [-0.4, -0.2) is 12.9 Å². The summed E-state index contributed by atoms with van der Waals surface area (Å²) in [7, 11) is 0. The van der Waals surface area contributed by atoms with E-state index in [1.165, 1.54) is 12.1 Å². The average Bonchev–Trinajstić information content (AvgIpc) is 2.38. The van der Waals surface area contributed by atoms with Crippen molar-refractivity contribution in [2.45, 2.75) is 13.5 Å². The second-order valence-corrected chi connectivity index (χ2v) is 4.12. The van der Waals surface area contributed by atoms with Crippen molar-refractivity contribution in [3.05, 3.63) is 53.6 Å². The Bertz CT molecular complexity index is 594. The molecule has 2 aromatic rings. The van der Waals surface area contributed by atoms with Gasteiger partial charge in [0.1, 0.15) is 12.0 Å². The van der Waals surface area contributed by atoms with Crippen LogP contribution >= 0.6 is 0 Å². The summed E-state index contributed by atoms with van der Waals surface area (Å²) in [5.74, 6) is 0.0613. The van der Waals surface area contributed by atoms with Gasteiger partial charge >= 0.3 is 6.61 Å². The molecule has 0 bridgehead atoms. The van der Waals surface area contributed by atoms with Crippen LogP contribution in [-0.2, 0) is 0 Å². The SMILES string of the molecule is Cc1cccc(-c2cc(C=O)ccc2OC(F)F)c1. The highest BCUT2D eigenvalue weighted by Gasteiger charge is 2.12. The summed E-state index contributed by atoms with van der Waals surface area (Å²) in [5, 5.41) is 0. The van der Waals surface area contributed by atoms with Gasteiger partial charge in [-0.2, -0.15) is 8.78 Å². The smallest absolute Gasteiger partial charge is 0.387 e. The number of benzene rings is 2. The van der Waals surface area contributed by atoms with E-state index in [0.29, 0.717) is 17.4 Å². The van der Waals surface area contributed by atoms with Gasteiger partial charge < -0.3 is 4.74 Å². The molecular weight excluding hydrogens is 250 g/mol. The van der Waals surface area contributed by atoms with Crippen molar-refractivity contribution in [3.63, 3.8) is 0 Å². The van der Waals surface area contributed by atoms with Gasteiger partial charge in [0.15, 0.2) is 0 Å². The van der Waals surface area contributed by atoms with Crippen LogP contribution in [0.1, 0.15) is 15.9 Å². The summed E-state index contributed by atoms with van der Waals surface area (Å²) in [6.45, 7) is -0.994. The lowest BCUT2D eigenvalue weighted by Crippen LogP contribution is -2.03. The zero-order valence-electron chi connectivity index (χ0n) is 10.3. The number of carbonyl (C=O) groups excluding carboxylic acids is 1. The van der Waals surface area contributed by atoms with Crippen LogP contribution in [0.15, 0.2) is 42.5 Å². The van der Waals surface area contributed by atoms with E-state index in [1.54, 1.807) is 12.1 Å². The molecule has 0 fully saturated rings. The first-order chi connectivity index (χ1) is 9.10. The zero-order valence-corrected chi connectivity index (χ0v) is 10.3. The monoisotopic (exact) mass is 262 g/mol. The van der Waals surface area contributed by atoms with Gasteiger partial charge in [0, 0.05) is 11.1 Å². The van der Waals surface area contributed by atoms with Gasteiger partial charge in [0.25, 0.3) is 0 Å². The average molecular weight is 262 g/mol. The number of aldehydes is 1. The molecule has 0 heterocycles. The third-order valence-electron chi connectivity index (χ3n) is 2.68. The number of hydrogen-bond acceptors (Lipinski definition) is 2. The highest BCUT2D eigenvalue weighted by molar-refractivity contribution is 5.81. The number of ether oxygens (including phenoxy) is 1. The Hall–Kier alpha value is -2.23. The molecule has 0 saturated heterocycles. The van der Waals surface area contributed by atoms with Crippen molar-refractivity contribution in [2.75, 3.05) is 0 Å². The fourth-order valence-electron chi connectivity index (χ4n) is 1.86. The topological polar surface area (TPSA) is 26.3 Å². The van der Waals surface area contributed by atoms with Gasteiger partial charge in [-0.3, -0.25) is 4.79 Å². The Kier molecular flexibility index (Phi) is 3.90. The Labute approximate surface area is 109 Å². The van der Waals surface area contributed by atoms with Gasteiger partial charge in [-0.1, -0.05) is 29.8 Å². The fourth-order valence-corrected chi connectivity index (χ4v) is 1.86. The van der Waals surface area contributed by atoms with E-state index in [4.69, 9.17) is 0 Å². The van der Waals surface area contributed by atoms with Crippen LogP contribution in [0.25, 0.3) is 11.1 Å². The highest BCUT2D eigenvalue weighted by Crippen LogP contribution is 2.32. The largest absolute Gasteiger partial charge is 0.434 e. The lowest BCUT2D eigenvalue weighted by molar-refractivity contribution is -0.0494. The molecule has 0 atom stereocenters. The van der Waals surface area contributed by atoms with Crippen LogP contribution < -0.4 is 4.74 Å². The second-order valence-electron chi connectivity index (χ2n) is 4.12. The molecule has 0 unspecified atom stereocenters. The third kappa shape index (κ3) is 3.16. The van der Waals surface area contributed by atoms with Crippen molar-refractivity contribution < 1.29 is 18.3 Å². The van der Waals surface area contributed by atoms with E-state index in [1.807, 2.05) is 25.1 Å². The standard InChI is InChI=1S/C15H12F2O2/c1-10-3-2-4-12(7-10)13-8-11(9-18)5-6-14(13)19-15(16)17/h2-9,15H,1H3. The minimum Gasteiger partial charge on any atom is -0.434 e. The van der Waals surface area contributed by atoms with Crippen LogP contribution in [0.5, 0.6) is 5.75 Å². The number of aryl methyl sites for hydroxylation is 1. The number of alkyl halides is 2. The number of halogens is 2. The first-order valence-electron chi connectivity index (χ1n) is 5.71. The molecule has 19 heavy (non-hydrogen) atoms. The van der Waals surface area contributed by atoms with Crippen molar-refractivity contribution in [1.82, 2.24) is 0 Å². The van der Waals surface area contributed by atoms with Gasteiger partial charge in [-0.25, -0.2) is 0 Å². The maximum Gasteiger partial charge on any atom is 0.387 e. The van der Waals surface area contributed by atoms with E-state index >= 15 is 0 Å². The minimum absolute atomic E-state index is 0.0613. The van der Waals surface area contributed by atoms with Gasteiger partial charge in [0.2, 0.25) is 0 Å². The molecule has 0 spiro atoms. The van der Waals surface area contributed by atoms with Crippen molar-refractivity contribution in [1.29, 1.82) is 0 Å². The summed E-state index contributed by atoms with van der Waals surface area (Å²) in [4.78, 5) is 10.8. The third-order valence-corrected chi connectivity index (χ3v) is 2.68. The minimum atomic E-state index is -2.90. The van der Waals surface area contributed by atoms with E-state index in [0.717, 1.165) is 11.1 Å². The summed E-state index contributed by atoms with van der Waals surface area (Å²) in [5.41, 5.74) is 2.63. The van der Waals surface area contributed by atoms with Crippen molar-refractivity contribution >= 4 is 6.29 Å². The van der Waals surface area contributed by atoms with E-state index < -0.39 is 6.61 Å². The van der Waals surface area contributed by atoms with Crippen molar-refractivity contribution in [2.24, 2.45) is 0 Å². The molecule has 0 aliphatic heterocycles. The first-order valence-corrected chi connectivity index (χ1v) is 5.71. The normalized spacial score (nSPS) is 10.5. The maximum absolute atomic E-state index is 12.4.